The van der Waals surface area contributed by atoms with Gasteiger partial charge in [-0.1, -0.05) is 61.6 Å². The summed E-state index contributed by atoms with van der Waals surface area (Å²) in [5.41, 5.74) is 1.02. The Morgan fingerprint density at radius 3 is 2.23 bits per heavy atom. The second-order valence-electron chi connectivity index (χ2n) is 10.0. The summed E-state index contributed by atoms with van der Waals surface area (Å²) in [5.74, 6) is -0.732. The first-order valence-electron chi connectivity index (χ1n) is 12.4. The lowest BCUT2D eigenvalue weighted by molar-refractivity contribution is -0.133. The predicted octanol–water partition coefficient (Wildman–Crippen LogP) is 3.94. The average molecular weight is 498 g/mol. The molecule has 1 aliphatic heterocycles. The van der Waals surface area contributed by atoms with E-state index in [2.05, 4.69) is 5.32 Å². The molecule has 0 aromatic heterocycles. The van der Waals surface area contributed by atoms with Gasteiger partial charge in [-0.15, -0.1) is 0 Å². The van der Waals surface area contributed by atoms with E-state index in [1.807, 2.05) is 38.1 Å². The van der Waals surface area contributed by atoms with Crippen molar-refractivity contribution in [3.05, 3.63) is 59.7 Å². The molecule has 2 aromatic carbocycles. The van der Waals surface area contributed by atoms with Crippen molar-refractivity contribution in [1.29, 1.82) is 0 Å². The Labute approximate surface area is 208 Å². The van der Waals surface area contributed by atoms with Gasteiger partial charge in [0, 0.05) is 18.3 Å². The third-order valence-electron chi connectivity index (χ3n) is 7.23. The Morgan fingerprint density at radius 1 is 0.971 bits per heavy atom. The maximum atomic E-state index is 13.9. The molecule has 8 heteroatoms. The lowest BCUT2D eigenvalue weighted by Crippen LogP contribution is -2.70. The molecule has 1 N–H and O–H groups in total. The molecule has 1 atom stereocenters. The summed E-state index contributed by atoms with van der Waals surface area (Å²) in [6.45, 7) is 5.01. The van der Waals surface area contributed by atoms with Gasteiger partial charge in [0.1, 0.15) is 5.54 Å². The van der Waals surface area contributed by atoms with Gasteiger partial charge in [0.2, 0.25) is 21.8 Å². The molecule has 2 amide bonds. The quantitative estimate of drug-likeness (QED) is 0.634. The Hall–Kier alpha value is -2.71. The van der Waals surface area contributed by atoms with Crippen LogP contribution < -0.4 is 10.2 Å². The van der Waals surface area contributed by atoms with E-state index in [-0.39, 0.29) is 29.9 Å². The number of aryl methyl sites for hydroxylation is 2. The van der Waals surface area contributed by atoms with Crippen molar-refractivity contribution in [1.82, 2.24) is 9.62 Å². The molecule has 4 rings (SSSR count). The van der Waals surface area contributed by atoms with Crippen LogP contribution >= 0.6 is 0 Å². The van der Waals surface area contributed by atoms with Crippen molar-refractivity contribution in [3.8, 4) is 0 Å². The molecule has 1 unspecified atom stereocenters. The molecular formula is C27H35N3O4S. The van der Waals surface area contributed by atoms with Gasteiger partial charge in [-0.2, -0.15) is 4.31 Å². The van der Waals surface area contributed by atoms with E-state index in [0.29, 0.717) is 5.69 Å². The fraction of sp³-hybridized carbons (Fsp3) is 0.481. The summed E-state index contributed by atoms with van der Waals surface area (Å²) in [7, 11) is -3.97. The molecule has 35 heavy (non-hydrogen) atoms. The minimum atomic E-state index is -3.97. The van der Waals surface area contributed by atoms with Crippen molar-refractivity contribution in [2.24, 2.45) is 0 Å². The van der Waals surface area contributed by atoms with Gasteiger partial charge in [0.25, 0.3) is 0 Å². The third-order valence-corrected chi connectivity index (χ3v) is 9.04. The summed E-state index contributed by atoms with van der Waals surface area (Å²) in [6.07, 6.45) is 6.20. The van der Waals surface area contributed by atoms with Crippen molar-refractivity contribution in [2.45, 2.75) is 75.8 Å². The number of benzene rings is 2. The first-order chi connectivity index (χ1) is 16.6. The highest BCUT2D eigenvalue weighted by Crippen LogP contribution is 2.34. The number of sulfonamides is 1. The van der Waals surface area contributed by atoms with E-state index in [9.17, 15) is 18.0 Å². The van der Waals surface area contributed by atoms with E-state index in [0.717, 1.165) is 54.0 Å². The first kappa shape index (κ1) is 25.4. The van der Waals surface area contributed by atoms with Crippen LogP contribution in [0, 0.1) is 13.8 Å². The predicted molar refractivity (Wildman–Crippen MR) is 137 cm³/mol. The molecule has 188 valence electrons. The van der Waals surface area contributed by atoms with E-state index in [1.54, 1.807) is 31.2 Å². The smallest absolute Gasteiger partial charge is 0.247 e. The maximum Gasteiger partial charge on any atom is 0.247 e. The fourth-order valence-corrected chi connectivity index (χ4v) is 6.63. The van der Waals surface area contributed by atoms with Gasteiger partial charge in [-0.05, 0) is 57.4 Å². The molecule has 2 aromatic rings. The van der Waals surface area contributed by atoms with Crippen molar-refractivity contribution in [3.63, 3.8) is 0 Å². The molecule has 1 aliphatic carbocycles. The van der Waals surface area contributed by atoms with Gasteiger partial charge in [0.15, 0.2) is 0 Å². The van der Waals surface area contributed by atoms with Gasteiger partial charge in [0.05, 0.1) is 11.4 Å². The van der Waals surface area contributed by atoms with Crippen LogP contribution in [0.4, 0.5) is 5.69 Å². The zero-order valence-electron chi connectivity index (χ0n) is 20.8. The summed E-state index contributed by atoms with van der Waals surface area (Å²) in [5, 5.41) is 3.17. The second kappa shape index (κ2) is 10.1. The third kappa shape index (κ3) is 5.14. The molecular weight excluding hydrogens is 462 g/mol. The molecule has 0 radical (unpaired) electrons. The fourth-order valence-electron chi connectivity index (χ4n) is 5.15. The zero-order valence-corrected chi connectivity index (χ0v) is 21.6. The molecule has 1 heterocycles. The highest BCUT2D eigenvalue weighted by Gasteiger charge is 2.51. The number of nitrogens with zero attached hydrogens (tertiary/aromatic N) is 2. The van der Waals surface area contributed by atoms with Crippen LogP contribution in [0.2, 0.25) is 0 Å². The van der Waals surface area contributed by atoms with Crippen LogP contribution in [0.25, 0.3) is 0 Å². The molecule has 2 fully saturated rings. The van der Waals surface area contributed by atoms with Crippen LogP contribution in [-0.4, -0.2) is 49.2 Å². The summed E-state index contributed by atoms with van der Waals surface area (Å²) < 4.78 is 28.2. The Morgan fingerprint density at radius 2 is 1.60 bits per heavy atom. The average Bonchev–Trinajstić information content (AvgIpc) is 3.09. The Kier molecular flexibility index (Phi) is 7.33. The van der Waals surface area contributed by atoms with E-state index in [1.165, 1.54) is 4.90 Å². The van der Waals surface area contributed by atoms with Gasteiger partial charge in [-0.25, -0.2) is 8.42 Å². The normalized spacial score (nSPS) is 22.6. The molecule has 7 nitrogen and oxygen atoms in total. The molecule has 2 aliphatic rings. The number of carbonyl (C=O) groups is 2. The second-order valence-corrected chi connectivity index (χ2v) is 12.0. The van der Waals surface area contributed by atoms with Gasteiger partial charge < -0.3 is 5.32 Å². The van der Waals surface area contributed by atoms with E-state index in [4.69, 9.17) is 0 Å². The highest BCUT2D eigenvalue weighted by atomic mass is 32.2. The number of rotatable bonds is 5. The summed E-state index contributed by atoms with van der Waals surface area (Å²) >= 11 is 0. The maximum absolute atomic E-state index is 13.9. The number of hydrogen-bond acceptors (Lipinski definition) is 4. The lowest BCUT2D eigenvalue weighted by atomic mass is 9.92. The highest BCUT2D eigenvalue weighted by molar-refractivity contribution is 7.89. The van der Waals surface area contributed by atoms with Crippen LogP contribution in [0.3, 0.4) is 0 Å². The number of nitrogens with one attached hydrogen (secondary N) is 1. The molecule has 1 saturated carbocycles. The topological polar surface area (TPSA) is 86.8 Å². The Balaban J connectivity index is 1.72. The minimum Gasteiger partial charge on any atom is -0.351 e. The first-order valence-corrected chi connectivity index (χ1v) is 13.8. The van der Waals surface area contributed by atoms with Gasteiger partial charge in [-0.3, -0.25) is 14.5 Å². The summed E-state index contributed by atoms with van der Waals surface area (Å²) in [6, 6.07) is 14.0. The van der Waals surface area contributed by atoms with Crippen LogP contribution in [0.5, 0.6) is 0 Å². The number of para-hydroxylation sites is 1. The van der Waals surface area contributed by atoms with Crippen molar-refractivity contribution in [2.75, 3.05) is 18.0 Å². The van der Waals surface area contributed by atoms with E-state index < -0.39 is 21.5 Å². The lowest BCUT2D eigenvalue weighted by Gasteiger charge is -2.47. The zero-order chi connectivity index (χ0) is 25.2. The summed E-state index contributed by atoms with van der Waals surface area (Å²) in [4.78, 5) is 29.1. The minimum absolute atomic E-state index is 0.0275. The molecule has 0 bridgehead atoms. The number of carbonyl (C=O) groups excluding carboxylic acids is 2. The van der Waals surface area contributed by atoms with Crippen molar-refractivity contribution < 1.29 is 18.0 Å². The van der Waals surface area contributed by atoms with Crippen LogP contribution in [-0.2, 0) is 19.6 Å². The molecule has 0 spiro atoms. The SMILES string of the molecule is Cc1ccc(S(=O)(=O)N2CC(=O)N(c3ccccc3C)C(C)(C(=O)NC3CCCCCC3)C2)cc1. The number of anilines is 1. The van der Waals surface area contributed by atoms with Crippen LogP contribution in [0.1, 0.15) is 56.6 Å². The molecule has 1 saturated heterocycles. The Bertz CT molecular complexity index is 1190. The van der Waals surface area contributed by atoms with Crippen molar-refractivity contribution >= 4 is 27.5 Å². The largest absolute Gasteiger partial charge is 0.351 e. The standard InChI is InChI=1S/C27H35N3O4S/c1-20-14-16-23(17-15-20)35(33,34)29-18-25(31)30(24-13-9-8-10-21(24)2)27(3,19-29)26(32)28-22-11-6-4-5-7-12-22/h8-10,13-17,22H,4-7,11-12,18-19H2,1-3H3,(H,28,32). The number of piperazine rings is 1. The van der Waals surface area contributed by atoms with E-state index >= 15 is 0 Å². The number of hydrogen-bond donors (Lipinski definition) is 1. The number of amides is 2. The van der Waals surface area contributed by atoms with Gasteiger partial charge >= 0.3 is 0 Å². The monoisotopic (exact) mass is 497 g/mol. The van der Waals surface area contributed by atoms with Crippen LogP contribution in [0.15, 0.2) is 53.4 Å².